The van der Waals surface area contributed by atoms with Gasteiger partial charge in [0.15, 0.2) is 11.5 Å². The SMILES string of the molecule is O=C(NC1CCCCC1)c1c(/N=C\c2ccc3c(c2)OCO3)sc2c1CCCC2. The molecule has 1 aromatic carbocycles. The van der Waals surface area contributed by atoms with E-state index >= 15 is 0 Å². The lowest BCUT2D eigenvalue weighted by molar-refractivity contribution is 0.0927. The molecule has 0 spiro atoms. The first kappa shape index (κ1) is 18.7. The van der Waals surface area contributed by atoms with E-state index in [2.05, 4.69) is 5.32 Å². The molecule has 5 nitrogen and oxygen atoms in total. The molecule has 3 aliphatic rings. The Morgan fingerprint density at radius 2 is 1.90 bits per heavy atom. The van der Waals surface area contributed by atoms with Gasteiger partial charge in [-0.15, -0.1) is 11.3 Å². The van der Waals surface area contributed by atoms with Gasteiger partial charge in [-0.25, -0.2) is 4.99 Å². The minimum atomic E-state index is 0.0640. The van der Waals surface area contributed by atoms with Crippen LogP contribution in [-0.4, -0.2) is 25.0 Å². The third-order valence-corrected chi connectivity index (χ3v) is 7.25. The van der Waals surface area contributed by atoms with Gasteiger partial charge in [0.25, 0.3) is 5.91 Å². The summed E-state index contributed by atoms with van der Waals surface area (Å²) < 4.78 is 10.8. The molecule has 1 N–H and O–H groups in total. The fourth-order valence-corrected chi connectivity index (χ4v) is 5.74. The van der Waals surface area contributed by atoms with Crippen LogP contribution in [0.4, 0.5) is 5.00 Å². The number of benzene rings is 1. The summed E-state index contributed by atoms with van der Waals surface area (Å²) in [5.41, 5.74) is 2.99. The van der Waals surface area contributed by atoms with Crippen molar-refractivity contribution in [2.75, 3.05) is 6.79 Å². The first-order valence-electron chi connectivity index (χ1n) is 10.7. The highest BCUT2D eigenvalue weighted by molar-refractivity contribution is 7.16. The van der Waals surface area contributed by atoms with E-state index in [1.54, 1.807) is 11.3 Å². The molecule has 5 rings (SSSR count). The fraction of sp³-hybridized carbons (Fsp3) is 0.478. The Kier molecular flexibility index (Phi) is 5.27. The predicted molar refractivity (Wildman–Crippen MR) is 115 cm³/mol. The number of fused-ring (bicyclic) bond motifs is 2. The van der Waals surface area contributed by atoms with Crippen LogP contribution in [0, 0.1) is 0 Å². The maximum absolute atomic E-state index is 13.2. The molecule has 0 saturated heterocycles. The van der Waals surface area contributed by atoms with E-state index < -0.39 is 0 Å². The Bertz CT molecular complexity index is 944. The fourth-order valence-electron chi connectivity index (χ4n) is 4.51. The average molecular weight is 411 g/mol. The quantitative estimate of drug-likeness (QED) is 0.708. The van der Waals surface area contributed by atoms with Crippen LogP contribution in [0.1, 0.15) is 71.3 Å². The average Bonchev–Trinajstić information content (AvgIpc) is 3.36. The minimum absolute atomic E-state index is 0.0640. The number of carbonyl (C=O) groups excluding carboxylic acids is 1. The van der Waals surface area contributed by atoms with Crippen molar-refractivity contribution >= 4 is 28.5 Å². The van der Waals surface area contributed by atoms with Gasteiger partial charge in [0.2, 0.25) is 6.79 Å². The lowest BCUT2D eigenvalue weighted by Crippen LogP contribution is -2.36. The van der Waals surface area contributed by atoms with Crippen LogP contribution in [0.3, 0.4) is 0 Å². The summed E-state index contributed by atoms with van der Waals surface area (Å²) >= 11 is 1.68. The van der Waals surface area contributed by atoms with Gasteiger partial charge in [-0.3, -0.25) is 4.79 Å². The molecule has 1 amide bonds. The lowest BCUT2D eigenvalue weighted by Gasteiger charge is -2.23. The van der Waals surface area contributed by atoms with Crippen molar-refractivity contribution in [3.8, 4) is 11.5 Å². The number of nitrogens with zero attached hydrogens (tertiary/aromatic N) is 1. The number of ether oxygens (including phenoxy) is 2. The summed E-state index contributed by atoms with van der Waals surface area (Å²) in [6.07, 6.45) is 12.1. The van der Waals surface area contributed by atoms with Crippen molar-refractivity contribution in [1.82, 2.24) is 5.32 Å². The van der Waals surface area contributed by atoms with E-state index in [1.807, 2.05) is 24.4 Å². The molecule has 0 unspecified atom stereocenters. The molecule has 29 heavy (non-hydrogen) atoms. The normalized spacial score (nSPS) is 18.8. The zero-order valence-corrected chi connectivity index (χ0v) is 17.4. The van der Waals surface area contributed by atoms with Crippen molar-refractivity contribution in [2.24, 2.45) is 4.99 Å². The number of nitrogens with one attached hydrogen (secondary N) is 1. The molecule has 0 radical (unpaired) electrons. The molecular weight excluding hydrogens is 384 g/mol. The molecule has 152 valence electrons. The van der Waals surface area contributed by atoms with E-state index in [-0.39, 0.29) is 12.7 Å². The maximum Gasteiger partial charge on any atom is 0.254 e. The van der Waals surface area contributed by atoms with Gasteiger partial charge < -0.3 is 14.8 Å². The number of thiophene rings is 1. The number of aliphatic imine (C=N–C) groups is 1. The number of aryl methyl sites for hydroxylation is 1. The summed E-state index contributed by atoms with van der Waals surface area (Å²) in [5.74, 6) is 1.57. The molecule has 6 heteroatoms. The number of hydrogen-bond acceptors (Lipinski definition) is 5. The summed E-state index contributed by atoms with van der Waals surface area (Å²) in [7, 11) is 0. The summed E-state index contributed by atoms with van der Waals surface area (Å²) in [6.45, 7) is 0.263. The van der Waals surface area contributed by atoms with Gasteiger partial charge in [-0.1, -0.05) is 19.3 Å². The van der Waals surface area contributed by atoms with Crippen molar-refractivity contribution in [1.29, 1.82) is 0 Å². The van der Waals surface area contributed by atoms with Crippen molar-refractivity contribution in [3.05, 3.63) is 39.8 Å². The number of carbonyl (C=O) groups is 1. The highest BCUT2D eigenvalue weighted by Gasteiger charge is 2.27. The van der Waals surface area contributed by atoms with Crippen LogP contribution in [-0.2, 0) is 12.8 Å². The van der Waals surface area contributed by atoms with Gasteiger partial charge in [-0.2, -0.15) is 0 Å². The molecule has 2 aromatic rings. The first-order valence-corrected chi connectivity index (χ1v) is 11.5. The summed E-state index contributed by atoms with van der Waals surface area (Å²) in [6, 6.07) is 6.11. The van der Waals surface area contributed by atoms with Crippen molar-refractivity contribution in [3.63, 3.8) is 0 Å². The van der Waals surface area contributed by atoms with Crippen LogP contribution in [0.15, 0.2) is 23.2 Å². The molecule has 1 fully saturated rings. The molecule has 0 bridgehead atoms. The minimum Gasteiger partial charge on any atom is -0.454 e. The number of amides is 1. The topological polar surface area (TPSA) is 59.9 Å². The van der Waals surface area contributed by atoms with E-state index in [9.17, 15) is 4.79 Å². The van der Waals surface area contributed by atoms with Crippen molar-refractivity contribution in [2.45, 2.75) is 63.8 Å². The predicted octanol–water partition coefficient (Wildman–Crippen LogP) is 5.17. The summed E-state index contributed by atoms with van der Waals surface area (Å²) in [5, 5.41) is 4.14. The molecule has 1 saturated carbocycles. The zero-order chi connectivity index (χ0) is 19.6. The van der Waals surface area contributed by atoms with Crippen LogP contribution in [0.2, 0.25) is 0 Å². The highest BCUT2D eigenvalue weighted by Crippen LogP contribution is 2.40. The van der Waals surface area contributed by atoms with Crippen LogP contribution in [0.5, 0.6) is 11.5 Å². The Labute approximate surface area is 175 Å². The molecule has 1 aromatic heterocycles. The summed E-state index contributed by atoms with van der Waals surface area (Å²) in [4.78, 5) is 19.3. The Hall–Kier alpha value is -2.34. The second-order valence-corrected chi connectivity index (χ2v) is 9.15. The van der Waals surface area contributed by atoms with Crippen molar-refractivity contribution < 1.29 is 14.3 Å². The monoisotopic (exact) mass is 410 g/mol. The van der Waals surface area contributed by atoms with Gasteiger partial charge in [0.1, 0.15) is 5.00 Å². The van der Waals surface area contributed by atoms with Crippen LogP contribution >= 0.6 is 11.3 Å². The first-order chi connectivity index (χ1) is 14.3. The van der Waals surface area contributed by atoms with Crippen LogP contribution < -0.4 is 14.8 Å². The van der Waals surface area contributed by atoms with E-state index in [0.29, 0.717) is 6.04 Å². The van der Waals surface area contributed by atoms with Gasteiger partial charge in [0, 0.05) is 17.1 Å². The van der Waals surface area contributed by atoms with E-state index in [1.165, 1.54) is 36.1 Å². The van der Waals surface area contributed by atoms with Gasteiger partial charge in [0.05, 0.1) is 5.56 Å². The standard InChI is InChI=1S/C23H26N2O3S/c26-22(25-16-6-2-1-3-7-16)21-17-8-4-5-9-20(17)29-23(21)24-13-15-10-11-18-19(12-15)28-14-27-18/h10-13,16H,1-9,14H2,(H,25,26)/b24-13-. The second kappa shape index (κ2) is 8.19. The Balaban J connectivity index is 1.42. The third-order valence-electron chi connectivity index (χ3n) is 6.05. The van der Waals surface area contributed by atoms with Gasteiger partial charge in [-0.05, 0) is 67.9 Å². The molecule has 2 aliphatic carbocycles. The molecular formula is C23H26N2O3S. The molecule has 2 heterocycles. The second-order valence-electron chi connectivity index (χ2n) is 8.07. The molecule has 1 aliphatic heterocycles. The number of hydrogen-bond donors (Lipinski definition) is 1. The maximum atomic E-state index is 13.2. The zero-order valence-electron chi connectivity index (χ0n) is 16.5. The molecule has 0 atom stereocenters. The van der Waals surface area contributed by atoms with E-state index in [4.69, 9.17) is 14.5 Å². The van der Waals surface area contributed by atoms with Gasteiger partial charge >= 0.3 is 0 Å². The lowest BCUT2D eigenvalue weighted by atomic mass is 9.93. The Morgan fingerprint density at radius 1 is 1.07 bits per heavy atom. The smallest absolute Gasteiger partial charge is 0.254 e. The largest absolute Gasteiger partial charge is 0.454 e. The van der Waals surface area contributed by atoms with Crippen LogP contribution in [0.25, 0.3) is 0 Å². The highest BCUT2D eigenvalue weighted by atomic mass is 32.1. The van der Waals surface area contributed by atoms with E-state index in [0.717, 1.165) is 59.7 Å². The third kappa shape index (κ3) is 3.90. The Morgan fingerprint density at radius 3 is 2.79 bits per heavy atom. The number of rotatable bonds is 4.